The van der Waals surface area contributed by atoms with Crippen molar-refractivity contribution in [3.05, 3.63) is 22.3 Å². The summed E-state index contributed by atoms with van der Waals surface area (Å²) < 4.78 is 6.81. The van der Waals surface area contributed by atoms with Gasteiger partial charge in [-0.1, -0.05) is 237 Å². The molecule has 0 radical (unpaired) electrons. The first-order valence-corrected chi connectivity index (χ1v) is 27.8. The molecule has 0 aliphatic carbocycles. The van der Waals surface area contributed by atoms with E-state index in [-0.39, 0.29) is 5.60 Å². The van der Waals surface area contributed by atoms with Gasteiger partial charge < -0.3 is 9.84 Å². The molecule has 0 bridgehead atoms. The number of phenols is 1. The molecule has 10 atom stereocenters. The summed E-state index contributed by atoms with van der Waals surface area (Å²) in [7, 11) is 0. The predicted molar refractivity (Wildman–Crippen MR) is 277 cm³/mol. The summed E-state index contributed by atoms with van der Waals surface area (Å²) in [4.78, 5) is 0. The SMILES string of the molecule is Cc1c(C)c2c(c(C)c1O)CC(C)C(C)(CCCC(C)CCCC(C)CCCC(C)CCCC(C)CCCC(C)CCCC(C)CCCC(C)CCCC(C)CCCC(C)C)O2. The van der Waals surface area contributed by atoms with Gasteiger partial charge in [0.15, 0.2) is 0 Å². The van der Waals surface area contributed by atoms with E-state index in [0.29, 0.717) is 11.7 Å². The first-order valence-electron chi connectivity index (χ1n) is 27.8. The second-order valence-corrected chi connectivity index (χ2v) is 24.1. The van der Waals surface area contributed by atoms with Gasteiger partial charge in [0.2, 0.25) is 0 Å². The second kappa shape index (κ2) is 30.9. The highest BCUT2D eigenvalue weighted by molar-refractivity contribution is 5.58. The van der Waals surface area contributed by atoms with Crippen LogP contribution in [0.1, 0.15) is 279 Å². The van der Waals surface area contributed by atoms with Crippen LogP contribution in [-0.2, 0) is 6.42 Å². The van der Waals surface area contributed by atoms with Crippen LogP contribution >= 0.6 is 0 Å². The summed E-state index contributed by atoms with van der Waals surface area (Å²) in [6.07, 6.45) is 38.9. The monoisotopic (exact) mass is 865 g/mol. The van der Waals surface area contributed by atoms with Crippen LogP contribution in [0.3, 0.4) is 0 Å². The summed E-state index contributed by atoms with van der Waals surface area (Å²) in [5.74, 6) is 9.91. The molecule has 0 saturated carbocycles. The Kier molecular flexibility index (Phi) is 28.4. The number of hydrogen-bond acceptors (Lipinski definition) is 2. The molecule has 0 aromatic heterocycles. The van der Waals surface area contributed by atoms with Gasteiger partial charge in [-0.2, -0.15) is 0 Å². The van der Waals surface area contributed by atoms with Gasteiger partial charge in [-0.3, -0.25) is 0 Å². The lowest BCUT2D eigenvalue weighted by Crippen LogP contribution is -2.44. The van der Waals surface area contributed by atoms with E-state index in [4.69, 9.17) is 4.74 Å². The van der Waals surface area contributed by atoms with E-state index in [2.05, 4.69) is 96.9 Å². The highest BCUT2D eigenvalue weighted by atomic mass is 16.5. The lowest BCUT2D eigenvalue weighted by molar-refractivity contribution is 0.00546. The maximum atomic E-state index is 10.6. The molecule has 0 fully saturated rings. The third-order valence-corrected chi connectivity index (χ3v) is 16.8. The summed E-state index contributed by atoms with van der Waals surface area (Å²) in [6.45, 7) is 35.6. The first-order chi connectivity index (χ1) is 29.3. The van der Waals surface area contributed by atoms with E-state index >= 15 is 0 Å². The fourth-order valence-corrected chi connectivity index (χ4v) is 11.2. The Balaban J connectivity index is 1.43. The molecule has 1 N–H and O–H groups in total. The third kappa shape index (κ3) is 22.8. The van der Waals surface area contributed by atoms with Crippen LogP contribution in [0.4, 0.5) is 0 Å². The Bertz CT molecular complexity index is 1300. The van der Waals surface area contributed by atoms with Gasteiger partial charge in [-0.05, 0) is 123 Å². The van der Waals surface area contributed by atoms with Crippen LogP contribution < -0.4 is 4.74 Å². The van der Waals surface area contributed by atoms with Gasteiger partial charge in [-0.25, -0.2) is 0 Å². The largest absolute Gasteiger partial charge is 0.507 e. The van der Waals surface area contributed by atoms with Gasteiger partial charge in [0.05, 0.1) is 0 Å². The molecular weight excluding hydrogens is 753 g/mol. The quantitative estimate of drug-likeness (QED) is 0.0728. The average Bonchev–Trinajstić information content (AvgIpc) is 3.20. The summed E-state index contributed by atoms with van der Waals surface area (Å²) in [6, 6.07) is 0. The van der Waals surface area contributed by atoms with Gasteiger partial charge in [0, 0.05) is 5.56 Å². The molecule has 62 heavy (non-hydrogen) atoms. The molecule has 2 nitrogen and oxygen atoms in total. The average molecular weight is 866 g/mol. The molecule has 1 aliphatic rings. The molecule has 2 heteroatoms. The molecule has 10 unspecified atom stereocenters. The smallest absolute Gasteiger partial charge is 0.127 e. The van der Waals surface area contributed by atoms with Crippen LogP contribution in [0.15, 0.2) is 0 Å². The van der Waals surface area contributed by atoms with Crippen molar-refractivity contribution < 1.29 is 9.84 Å². The van der Waals surface area contributed by atoms with Crippen molar-refractivity contribution in [2.75, 3.05) is 0 Å². The van der Waals surface area contributed by atoms with Gasteiger partial charge in [-0.15, -0.1) is 0 Å². The summed E-state index contributed by atoms with van der Waals surface area (Å²) >= 11 is 0. The number of aromatic hydroxyl groups is 1. The Labute approximate surface area is 390 Å². The maximum Gasteiger partial charge on any atom is 0.127 e. The normalized spacial score (nSPS) is 20.6. The molecule has 1 aromatic rings. The van der Waals surface area contributed by atoms with Crippen molar-refractivity contribution in [1.82, 2.24) is 0 Å². The molecule has 364 valence electrons. The molecule has 0 saturated heterocycles. The second-order valence-electron chi connectivity index (χ2n) is 24.1. The van der Waals surface area contributed by atoms with Crippen LogP contribution in [0.2, 0.25) is 0 Å². The van der Waals surface area contributed by atoms with E-state index in [1.54, 1.807) is 0 Å². The van der Waals surface area contributed by atoms with Gasteiger partial charge >= 0.3 is 0 Å². The van der Waals surface area contributed by atoms with Crippen molar-refractivity contribution in [3.8, 4) is 11.5 Å². The Morgan fingerprint density at radius 2 is 0.710 bits per heavy atom. The highest BCUT2D eigenvalue weighted by Gasteiger charge is 2.40. The Morgan fingerprint density at radius 3 is 1.00 bits per heavy atom. The van der Waals surface area contributed by atoms with Crippen molar-refractivity contribution >= 4 is 0 Å². The van der Waals surface area contributed by atoms with Gasteiger partial charge in [0.25, 0.3) is 0 Å². The third-order valence-electron chi connectivity index (χ3n) is 16.8. The molecule has 1 aromatic carbocycles. The van der Waals surface area contributed by atoms with Crippen molar-refractivity contribution in [2.24, 2.45) is 59.2 Å². The molecule has 0 amide bonds. The lowest BCUT2D eigenvalue weighted by Gasteiger charge is -2.43. The number of rotatable bonds is 36. The number of phenolic OH excluding ortho intramolecular Hbond substituents is 1. The van der Waals surface area contributed by atoms with E-state index in [1.165, 1.54) is 173 Å². The first kappa shape index (κ1) is 56.9. The van der Waals surface area contributed by atoms with E-state index in [0.717, 1.165) is 88.5 Å². The minimum atomic E-state index is -0.127. The zero-order valence-corrected chi connectivity index (χ0v) is 44.9. The Morgan fingerprint density at radius 1 is 0.435 bits per heavy atom. The minimum absolute atomic E-state index is 0.127. The zero-order chi connectivity index (χ0) is 46.2. The molecule has 2 rings (SSSR count). The molecule has 1 heterocycles. The predicted octanol–water partition coefficient (Wildman–Crippen LogP) is 19.9. The van der Waals surface area contributed by atoms with Crippen molar-refractivity contribution in [3.63, 3.8) is 0 Å². The van der Waals surface area contributed by atoms with Crippen molar-refractivity contribution in [2.45, 2.75) is 289 Å². The number of hydrogen-bond donors (Lipinski definition) is 1. The van der Waals surface area contributed by atoms with E-state index in [9.17, 15) is 5.11 Å². The molecular formula is C60H112O2. The van der Waals surface area contributed by atoms with E-state index < -0.39 is 0 Å². The fraction of sp³-hybridized carbons (Fsp3) is 0.900. The number of ether oxygens (including phenoxy) is 1. The van der Waals surface area contributed by atoms with Gasteiger partial charge in [0.1, 0.15) is 17.1 Å². The van der Waals surface area contributed by atoms with Crippen molar-refractivity contribution in [1.29, 1.82) is 0 Å². The minimum Gasteiger partial charge on any atom is -0.507 e. The molecule has 0 spiro atoms. The summed E-state index contributed by atoms with van der Waals surface area (Å²) in [5.41, 5.74) is 4.19. The molecule has 1 aliphatic heterocycles. The fourth-order valence-electron chi connectivity index (χ4n) is 11.2. The highest BCUT2D eigenvalue weighted by Crippen LogP contribution is 2.46. The van der Waals surface area contributed by atoms with Crippen LogP contribution in [0.5, 0.6) is 11.5 Å². The number of fused-ring (bicyclic) bond motifs is 1. The lowest BCUT2D eigenvalue weighted by atomic mass is 9.77. The van der Waals surface area contributed by atoms with Crippen LogP contribution in [0.25, 0.3) is 0 Å². The van der Waals surface area contributed by atoms with Crippen LogP contribution in [0, 0.1) is 80.0 Å². The van der Waals surface area contributed by atoms with Crippen LogP contribution in [-0.4, -0.2) is 10.7 Å². The van der Waals surface area contributed by atoms with E-state index in [1.807, 2.05) is 6.92 Å². The maximum absolute atomic E-state index is 10.6. The summed E-state index contributed by atoms with van der Waals surface area (Å²) in [5, 5.41) is 10.6. The standard InChI is InChI=1S/C60H112O2/c1-44(2)25-16-26-45(3)27-17-28-46(4)29-18-30-47(5)31-19-32-48(6)33-20-34-49(7)35-21-36-50(8)37-22-38-51(9)39-23-40-52(10)41-24-42-60(15)53(11)43-57-56(14)58(61)54(12)55(13)59(57)62-60/h44-53,61H,16-43H2,1-15H3. The Hall–Kier alpha value is -1.18. The number of benzene rings is 1. The topological polar surface area (TPSA) is 29.5 Å². The zero-order valence-electron chi connectivity index (χ0n) is 44.9.